The van der Waals surface area contributed by atoms with Crippen LogP contribution in [0.25, 0.3) is 0 Å². The van der Waals surface area contributed by atoms with Gasteiger partial charge in [0.2, 0.25) is 0 Å². The van der Waals surface area contributed by atoms with E-state index in [2.05, 4.69) is 116 Å². The number of nitrogens with zero attached hydrogens (tertiary/aromatic N) is 2. The second kappa shape index (κ2) is 16.5. The van der Waals surface area contributed by atoms with E-state index >= 15 is 0 Å². The summed E-state index contributed by atoms with van der Waals surface area (Å²) in [6.07, 6.45) is 0. The number of rotatable bonds is 4. The second-order valence-corrected chi connectivity index (χ2v) is 17.5. The van der Waals surface area contributed by atoms with Gasteiger partial charge in [0.1, 0.15) is 11.5 Å². The fraction of sp³-hybridized carbons (Fsp3) is 0.280. The highest BCUT2D eigenvalue weighted by atomic mass is 16.5. The molecule has 0 unspecified atom stereocenters. The lowest BCUT2D eigenvalue weighted by Crippen LogP contribution is -2.14. The Morgan fingerprint density at radius 2 is 0.667 bits per heavy atom. The van der Waals surface area contributed by atoms with Gasteiger partial charge in [-0.1, -0.05) is 53.7 Å². The second-order valence-electron chi connectivity index (χ2n) is 17.5. The normalized spacial score (nSPS) is 12.5. The summed E-state index contributed by atoms with van der Waals surface area (Å²) in [5, 5.41) is 10.2. The molecule has 10 nitrogen and oxygen atoms in total. The summed E-state index contributed by atoms with van der Waals surface area (Å²) in [5.41, 5.74) is 11.0. The van der Waals surface area contributed by atoms with Crippen molar-refractivity contribution in [2.75, 3.05) is 68.2 Å². The monoisotopic (exact) mass is 807 g/mol. The maximum atomic E-state index is 6.19. The highest BCUT2D eigenvalue weighted by Gasteiger charge is 2.24. The highest BCUT2D eigenvalue weighted by molar-refractivity contribution is 5.80. The van der Waals surface area contributed by atoms with E-state index in [4.69, 9.17) is 23.7 Å². The number of anilines is 8. The molecule has 0 amide bonds. The molecule has 9 rings (SSSR count). The topological polar surface area (TPSA) is 88.7 Å². The number of hydrogen-bond acceptors (Lipinski definition) is 10. The third-order valence-corrected chi connectivity index (χ3v) is 10.5. The Morgan fingerprint density at radius 1 is 0.383 bits per heavy atom. The van der Waals surface area contributed by atoms with Crippen LogP contribution in [0.4, 0.5) is 45.5 Å². The van der Waals surface area contributed by atoms with Gasteiger partial charge < -0.3 is 49.4 Å². The van der Waals surface area contributed by atoms with Crippen molar-refractivity contribution in [1.82, 2.24) is 0 Å². The van der Waals surface area contributed by atoms with Crippen LogP contribution in [0.3, 0.4) is 0 Å². The summed E-state index contributed by atoms with van der Waals surface area (Å²) in [6.45, 7) is 13.3. The van der Waals surface area contributed by atoms with Crippen LogP contribution < -0.4 is 49.4 Å². The molecule has 3 N–H and O–H groups in total. The number of fused-ring (bicyclic) bond motifs is 6. The number of ether oxygens (including phenoxy) is 5. The van der Waals surface area contributed by atoms with Crippen molar-refractivity contribution < 1.29 is 23.7 Å². The van der Waals surface area contributed by atoms with E-state index in [0.29, 0.717) is 0 Å². The molecular weight excluding hydrogens is 751 g/mol. The summed E-state index contributed by atoms with van der Waals surface area (Å²) < 4.78 is 28.4. The summed E-state index contributed by atoms with van der Waals surface area (Å²) in [6, 6.07) is 36.6. The van der Waals surface area contributed by atoms with Crippen LogP contribution in [0.15, 0.2) is 109 Å². The van der Waals surface area contributed by atoms with Gasteiger partial charge in [-0.25, -0.2) is 0 Å². The SMILES string of the molecule is CC(C)(C)c1ccc2c(c1)Oc1cc(C(C)(C)C)ccc1N2.CN(C)c1ccc2c(c1)Oc1cc(N(C)C)ccc1N2.COc1ccc2c(c1)Oc1cc(OC)ccc1N2. The average Bonchev–Trinajstić information content (AvgIpc) is 3.22. The minimum atomic E-state index is 0.117. The van der Waals surface area contributed by atoms with Gasteiger partial charge in [0, 0.05) is 63.8 Å². The average molecular weight is 808 g/mol. The van der Waals surface area contributed by atoms with Crippen LogP contribution in [-0.4, -0.2) is 42.4 Å². The third-order valence-electron chi connectivity index (χ3n) is 10.5. The molecule has 3 aliphatic heterocycles. The number of methoxy groups -OCH3 is 2. The highest BCUT2D eigenvalue weighted by Crippen LogP contribution is 2.47. The van der Waals surface area contributed by atoms with Gasteiger partial charge in [-0.3, -0.25) is 0 Å². The molecule has 0 saturated carbocycles. The van der Waals surface area contributed by atoms with Crippen molar-refractivity contribution in [2.45, 2.75) is 52.4 Å². The fourth-order valence-corrected chi connectivity index (χ4v) is 6.73. The Balaban J connectivity index is 0.000000137. The minimum absolute atomic E-state index is 0.117. The van der Waals surface area contributed by atoms with Crippen LogP contribution in [0, 0.1) is 0 Å². The van der Waals surface area contributed by atoms with Gasteiger partial charge in [0.15, 0.2) is 34.5 Å². The summed E-state index contributed by atoms with van der Waals surface area (Å²) in [7, 11) is 11.4. The van der Waals surface area contributed by atoms with E-state index in [0.717, 1.165) is 91.5 Å². The lowest BCUT2D eigenvalue weighted by Gasteiger charge is -2.27. The number of hydrogen-bond donors (Lipinski definition) is 3. The van der Waals surface area contributed by atoms with E-state index in [-0.39, 0.29) is 10.8 Å². The summed E-state index contributed by atoms with van der Waals surface area (Å²) in [5.74, 6) is 6.56. The predicted molar refractivity (Wildman–Crippen MR) is 248 cm³/mol. The van der Waals surface area contributed by atoms with Crippen molar-refractivity contribution in [1.29, 1.82) is 0 Å². The lowest BCUT2D eigenvalue weighted by molar-refractivity contribution is 0.403. The smallest absolute Gasteiger partial charge is 0.154 e. The quantitative estimate of drug-likeness (QED) is 0.160. The molecule has 6 aromatic carbocycles. The maximum absolute atomic E-state index is 6.19. The lowest BCUT2D eigenvalue weighted by atomic mass is 9.86. The van der Waals surface area contributed by atoms with Crippen LogP contribution in [0.5, 0.6) is 46.0 Å². The molecule has 60 heavy (non-hydrogen) atoms. The van der Waals surface area contributed by atoms with Crippen molar-refractivity contribution in [3.63, 3.8) is 0 Å². The molecule has 0 atom stereocenters. The van der Waals surface area contributed by atoms with E-state index < -0.39 is 0 Å². The van der Waals surface area contributed by atoms with Crippen molar-refractivity contribution >= 4 is 45.5 Å². The zero-order chi connectivity index (χ0) is 42.9. The molecule has 0 radical (unpaired) electrons. The Labute approximate surface area is 355 Å². The molecule has 10 heteroatoms. The predicted octanol–water partition coefficient (Wildman–Crippen LogP) is 13.4. The molecule has 0 fully saturated rings. The van der Waals surface area contributed by atoms with Crippen LogP contribution >= 0.6 is 0 Å². The number of benzene rings is 6. The molecule has 0 saturated heterocycles. The molecule has 0 aliphatic carbocycles. The standard InChI is InChI=1S/C20H25NO.C16H19N3O.C14H13NO3/c1-19(2,3)13-7-9-15-17(11-13)22-18-12-14(20(4,5)6)8-10-16(18)21-15;1-18(2)11-5-7-13-15(9-11)20-16-10-12(19(3)4)6-8-14(16)17-13;1-16-9-3-5-11-13(7-9)18-14-8-10(17-2)4-6-12(14)15-11/h7-12,21H,1-6H3;5-10,17H,1-4H3;3-8,15H,1-2H3. The van der Waals surface area contributed by atoms with Crippen LogP contribution in [0.1, 0.15) is 52.7 Å². The minimum Gasteiger partial charge on any atom is -0.497 e. The van der Waals surface area contributed by atoms with Crippen LogP contribution in [0.2, 0.25) is 0 Å². The number of nitrogens with one attached hydrogen (secondary N) is 3. The maximum Gasteiger partial charge on any atom is 0.154 e. The van der Waals surface area contributed by atoms with E-state index in [1.165, 1.54) is 11.1 Å². The first-order chi connectivity index (χ1) is 28.5. The van der Waals surface area contributed by atoms with E-state index in [1.54, 1.807) is 14.2 Å². The van der Waals surface area contributed by atoms with Gasteiger partial charge in [0.05, 0.1) is 48.3 Å². The molecule has 0 aromatic heterocycles. The Kier molecular flexibility index (Phi) is 11.4. The molecular formula is C50H57N5O5. The first-order valence-corrected chi connectivity index (χ1v) is 20.1. The molecule has 6 aromatic rings. The van der Waals surface area contributed by atoms with Crippen molar-refractivity contribution in [3.05, 3.63) is 120 Å². The largest absolute Gasteiger partial charge is 0.497 e. The van der Waals surface area contributed by atoms with Gasteiger partial charge in [0.25, 0.3) is 0 Å². The van der Waals surface area contributed by atoms with Crippen molar-refractivity contribution in [3.8, 4) is 46.0 Å². The van der Waals surface area contributed by atoms with Gasteiger partial charge in [-0.15, -0.1) is 0 Å². The molecule has 0 bridgehead atoms. The summed E-state index contributed by atoms with van der Waals surface area (Å²) in [4.78, 5) is 4.13. The van der Waals surface area contributed by atoms with Gasteiger partial charge in [-0.2, -0.15) is 0 Å². The first-order valence-electron chi connectivity index (χ1n) is 20.1. The third kappa shape index (κ3) is 9.13. The summed E-state index contributed by atoms with van der Waals surface area (Å²) >= 11 is 0. The molecule has 3 heterocycles. The van der Waals surface area contributed by atoms with E-state index in [1.807, 2.05) is 88.9 Å². The first kappa shape index (κ1) is 41.5. The molecule has 0 spiro atoms. The van der Waals surface area contributed by atoms with Crippen LogP contribution in [-0.2, 0) is 10.8 Å². The van der Waals surface area contributed by atoms with Crippen molar-refractivity contribution in [2.24, 2.45) is 0 Å². The zero-order valence-corrected chi connectivity index (χ0v) is 36.8. The Bertz CT molecular complexity index is 2350. The zero-order valence-electron chi connectivity index (χ0n) is 36.8. The van der Waals surface area contributed by atoms with Gasteiger partial charge >= 0.3 is 0 Å². The Morgan fingerprint density at radius 3 is 0.967 bits per heavy atom. The fourth-order valence-electron chi connectivity index (χ4n) is 6.73. The molecule has 3 aliphatic rings. The Hall–Kier alpha value is -6.68. The van der Waals surface area contributed by atoms with Gasteiger partial charge in [-0.05, 0) is 94.8 Å². The molecule has 312 valence electrons. The van der Waals surface area contributed by atoms with E-state index in [9.17, 15) is 0 Å².